The molecule has 0 heterocycles. The molecule has 0 aromatic carbocycles. The third kappa shape index (κ3) is 4.68. The Hall–Kier alpha value is 0.0769. The monoisotopic (exact) mass is 262 g/mol. The molecule has 1 aliphatic rings. The van der Waals surface area contributed by atoms with Gasteiger partial charge in [0.15, 0.2) is 0 Å². The average Bonchev–Trinajstić information content (AvgIpc) is 2.35. The maximum atomic E-state index is 14.4. The van der Waals surface area contributed by atoms with E-state index in [9.17, 15) is 8.22 Å². The molecule has 0 aromatic rings. The van der Waals surface area contributed by atoms with Crippen LogP contribution in [0.25, 0.3) is 0 Å². The minimum Gasteiger partial charge on any atom is -0.270 e. The Morgan fingerprint density at radius 2 is 1.71 bits per heavy atom. The zero-order chi connectivity index (χ0) is 12.7. The van der Waals surface area contributed by atoms with E-state index >= 15 is 0 Å². The van der Waals surface area contributed by atoms with Crippen molar-refractivity contribution in [2.45, 2.75) is 89.1 Å². The van der Waals surface area contributed by atoms with Crippen molar-refractivity contribution in [3.63, 3.8) is 0 Å². The number of hydrogen-bond acceptors (Lipinski definition) is 0. The van der Waals surface area contributed by atoms with Crippen LogP contribution in [0.4, 0.5) is 8.22 Å². The van der Waals surface area contributed by atoms with Crippen LogP contribution in [0.3, 0.4) is 0 Å². The summed E-state index contributed by atoms with van der Waals surface area (Å²) in [7, 11) is -3.97. The highest BCUT2D eigenvalue weighted by Gasteiger charge is 2.49. The van der Waals surface area contributed by atoms with Gasteiger partial charge in [-0.1, -0.05) is 58.8 Å². The summed E-state index contributed by atoms with van der Waals surface area (Å²) in [6, 6.07) is 0. The van der Waals surface area contributed by atoms with Crippen LogP contribution in [0.5, 0.6) is 0 Å². The van der Waals surface area contributed by atoms with Crippen LogP contribution in [-0.2, 0) is 0 Å². The molecule has 0 saturated heterocycles. The average molecular weight is 262 g/mol. The van der Waals surface area contributed by atoms with E-state index in [1.54, 1.807) is 0 Å². The molecule has 102 valence electrons. The van der Waals surface area contributed by atoms with E-state index in [1.165, 1.54) is 19.3 Å². The SMILES string of the molecule is CCCCCCC(C)[Si](F)(F)C1CCCCC1. The summed E-state index contributed by atoms with van der Waals surface area (Å²) in [5, 5.41) is 0. The number of halogens is 2. The maximum Gasteiger partial charge on any atom is 0.430 e. The Morgan fingerprint density at radius 1 is 1.06 bits per heavy atom. The first-order valence-corrected chi connectivity index (χ1v) is 9.38. The van der Waals surface area contributed by atoms with Gasteiger partial charge in [0.2, 0.25) is 0 Å². The van der Waals surface area contributed by atoms with E-state index in [2.05, 4.69) is 6.92 Å². The first-order chi connectivity index (χ1) is 8.09. The summed E-state index contributed by atoms with van der Waals surface area (Å²) < 4.78 is 28.7. The molecule has 0 bridgehead atoms. The van der Waals surface area contributed by atoms with Crippen LogP contribution in [-0.4, -0.2) is 8.74 Å². The van der Waals surface area contributed by atoms with E-state index in [-0.39, 0.29) is 11.1 Å². The molecule has 0 spiro atoms. The van der Waals surface area contributed by atoms with E-state index in [4.69, 9.17) is 0 Å². The van der Waals surface area contributed by atoms with E-state index in [0.717, 1.165) is 44.9 Å². The third-order valence-electron chi connectivity index (χ3n) is 4.30. The van der Waals surface area contributed by atoms with Gasteiger partial charge in [-0.3, -0.25) is 8.22 Å². The standard InChI is InChI=1S/C14H28F2Si/c1-3-4-5-7-10-13(2)17(15,16)14-11-8-6-9-12-14/h13-14H,3-12H2,1-2H3. The van der Waals surface area contributed by atoms with Gasteiger partial charge in [-0.15, -0.1) is 0 Å². The molecule has 0 aliphatic heterocycles. The van der Waals surface area contributed by atoms with Crippen molar-refractivity contribution < 1.29 is 8.22 Å². The largest absolute Gasteiger partial charge is 0.430 e. The summed E-state index contributed by atoms with van der Waals surface area (Å²) in [6.07, 6.45) is 10.1. The molecule has 1 fully saturated rings. The van der Waals surface area contributed by atoms with Crippen LogP contribution < -0.4 is 0 Å². The number of hydrogen-bond donors (Lipinski definition) is 0. The Bertz CT molecular complexity index is 200. The molecule has 1 rings (SSSR count). The fraction of sp³-hybridized carbons (Fsp3) is 1.00. The molecule has 1 unspecified atom stereocenters. The smallest absolute Gasteiger partial charge is 0.270 e. The summed E-state index contributed by atoms with van der Waals surface area (Å²) in [6.45, 7) is 3.97. The van der Waals surface area contributed by atoms with Gasteiger partial charge in [0.05, 0.1) is 0 Å². The van der Waals surface area contributed by atoms with Crippen molar-refractivity contribution in [1.29, 1.82) is 0 Å². The van der Waals surface area contributed by atoms with Gasteiger partial charge >= 0.3 is 8.74 Å². The molecular weight excluding hydrogens is 234 g/mol. The Balaban J connectivity index is 2.33. The Morgan fingerprint density at radius 3 is 2.29 bits per heavy atom. The molecule has 1 atom stereocenters. The normalized spacial score (nSPS) is 20.5. The van der Waals surface area contributed by atoms with Crippen molar-refractivity contribution in [3.05, 3.63) is 0 Å². The summed E-state index contributed by atoms with van der Waals surface area (Å²) in [4.78, 5) is 0. The molecule has 17 heavy (non-hydrogen) atoms. The highest BCUT2D eigenvalue weighted by molar-refractivity contribution is 6.69. The highest BCUT2D eigenvalue weighted by atomic mass is 28.4. The Labute approximate surface area is 107 Å². The zero-order valence-electron chi connectivity index (χ0n) is 11.5. The van der Waals surface area contributed by atoms with Crippen LogP contribution in [0.2, 0.25) is 11.1 Å². The fourth-order valence-electron chi connectivity index (χ4n) is 2.96. The lowest BCUT2D eigenvalue weighted by Crippen LogP contribution is -2.35. The molecule has 3 heteroatoms. The second-order valence-electron chi connectivity index (χ2n) is 5.76. The van der Waals surface area contributed by atoms with Gasteiger partial charge in [-0.05, 0) is 19.3 Å². The summed E-state index contributed by atoms with van der Waals surface area (Å²) in [5.41, 5.74) is -0.486. The molecular formula is C14H28F2Si. The van der Waals surface area contributed by atoms with Gasteiger partial charge in [-0.25, -0.2) is 0 Å². The lowest BCUT2D eigenvalue weighted by molar-refractivity contribution is 0.410. The maximum absolute atomic E-state index is 14.4. The van der Waals surface area contributed by atoms with Crippen LogP contribution >= 0.6 is 0 Å². The molecule has 0 radical (unpaired) electrons. The van der Waals surface area contributed by atoms with Gasteiger partial charge in [-0.2, -0.15) is 0 Å². The molecule has 0 amide bonds. The van der Waals surface area contributed by atoms with Crippen molar-refractivity contribution in [2.75, 3.05) is 0 Å². The second kappa shape index (κ2) is 7.50. The lowest BCUT2D eigenvalue weighted by Gasteiger charge is -2.31. The van der Waals surface area contributed by atoms with Gasteiger partial charge in [0.1, 0.15) is 0 Å². The first-order valence-electron chi connectivity index (χ1n) is 7.46. The lowest BCUT2D eigenvalue weighted by atomic mass is 10.0. The van der Waals surface area contributed by atoms with Crippen molar-refractivity contribution in [3.8, 4) is 0 Å². The van der Waals surface area contributed by atoms with Crippen molar-refractivity contribution in [2.24, 2.45) is 0 Å². The van der Waals surface area contributed by atoms with Crippen molar-refractivity contribution >= 4 is 8.74 Å². The van der Waals surface area contributed by atoms with Crippen LogP contribution in [0.1, 0.15) is 78.1 Å². The fourth-order valence-corrected chi connectivity index (χ4v) is 5.53. The topological polar surface area (TPSA) is 0 Å². The zero-order valence-corrected chi connectivity index (χ0v) is 12.5. The van der Waals surface area contributed by atoms with Gasteiger partial charge < -0.3 is 0 Å². The first kappa shape index (κ1) is 15.1. The minimum atomic E-state index is -3.97. The van der Waals surface area contributed by atoms with Gasteiger partial charge in [0.25, 0.3) is 0 Å². The predicted molar refractivity (Wildman–Crippen MR) is 73.0 cm³/mol. The predicted octanol–water partition coefficient (Wildman–Crippen LogP) is 6.06. The van der Waals surface area contributed by atoms with E-state index in [1.807, 2.05) is 6.92 Å². The number of rotatable bonds is 7. The van der Waals surface area contributed by atoms with Crippen LogP contribution in [0, 0.1) is 0 Å². The minimum absolute atomic E-state index is 0.197. The quantitative estimate of drug-likeness (QED) is 0.297. The highest BCUT2D eigenvalue weighted by Crippen LogP contribution is 2.45. The molecule has 0 N–H and O–H groups in total. The summed E-state index contributed by atoms with van der Waals surface area (Å²) >= 11 is 0. The Kier molecular flexibility index (Phi) is 6.68. The summed E-state index contributed by atoms with van der Waals surface area (Å²) in [5.74, 6) is 0. The van der Waals surface area contributed by atoms with Crippen molar-refractivity contribution in [1.82, 2.24) is 0 Å². The molecule has 0 aromatic heterocycles. The number of unbranched alkanes of at least 4 members (excludes halogenated alkanes) is 3. The molecule has 1 aliphatic carbocycles. The molecule has 0 nitrogen and oxygen atoms in total. The van der Waals surface area contributed by atoms with E-state index < -0.39 is 8.74 Å². The molecule has 1 saturated carbocycles. The second-order valence-corrected chi connectivity index (χ2v) is 8.91. The van der Waals surface area contributed by atoms with Gasteiger partial charge in [0, 0.05) is 11.1 Å². The third-order valence-corrected chi connectivity index (χ3v) is 7.57. The van der Waals surface area contributed by atoms with Crippen LogP contribution in [0.15, 0.2) is 0 Å². The van der Waals surface area contributed by atoms with E-state index in [0.29, 0.717) is 0 Å².